The first kappa shape index (κ1) is 16.4. The molecule has 0 fully saturated rings. The molecule has 0 bridgehead atoms. The fourth-order valence-corrected chi connectivity index (χ4v) is 2.34. The van der Waals surface area contributed by atoms with E-state index in [0.29, 0.717) is 12.5 Å². The van der Waals surface area contributed by atoms with Crippen LogP contribution in [0.15, 0.2) is 72.7 Å². The summed E-state index contributed by atoms with van der Waals surface area (Å²) in [6.45, 7) is 2.36. The molecule has 0 radical (unpaired) electrons. The second-order valence-electron chi connectivity index (χ2n) is 4.95. The van der Waals surface area contributed by atoms with Gasteiger partial charge in [0.2, 0.25) is 0 Å². The molecule has 0 spiro atoms. The molecule has 22 heavy (non-hydrogen) atoms. The molecule has 0 aromatic heterocycles. The third-order valence-electron chi connectivity index (χ3n) is 3.29. The molecule has 4 heteroatoms. The molecule has 116 valence electrons. The molecule has 3 nitrogen and oxygen atoms in total. The van der Waals surface area contributed by atoms with Gasteiger partial charge < -0.3 is 9.03 Å². The summed E-state index contributed by atoms with van der Waals surface area (Å²) in [6.07, 6.45) is 1.83. The number of hydrogen-bond acceptors (Lipinski definition) is 3. The van der Waals surface area contributed by atoms with Crippen molar-refractivity contribution in [3.8, 4) is 0 Å². The van der Waals surface area contributed by atoms with Gasteiger partial charge in [-0.15, -0.1) is 0 Å². The lowest BCUT2D eigenvalue weighted by Gasteiger charge is -2.21. The van der Waals surface area contributed by atoms with Gasteiger partial charge in [0, 0.05) is 25.7 Å². The van der Waals surface area contributed by atoms with Gasteiger partial charge in [-0.2, -0.15) is 0 Å². The lowest BCUT2D eigenvalue weighted by molar-refractivity contribution is 0.155. The maximum absolute atomic E-state index is 5.36. The van der Waals surface area contributed by atoms with E-state index >= 15 is 0 Å². The highest BCUT2D eigenvalue weighted by Crippen LogP contribution is 2.11. The molecule has 2 aromatic rings. The van der Waals surface area contributed by atoms with Crippen molar-refractivity contribution in [1.82, 2.24) is 4.90 Å². The lowest BCUT2D eigenvalue weighted by Crippen LogP contribution is -2.23. The second kappa shape index (κ2) is 9.13. The summed E-state index contributed by atoms with van der Waals surface area (Å²) in [5.74, 6) is 0.313. The van der Waals surface area contributed by atoms with E-state index in [1.165, 1.54) is 18.2 Å². The molecule has 0 saturated carbocycles. The van der Waals surface area contributed by atoms with Crippen LogP contribution in [-0.4, -0.2) is 18.6 Å². The maximum atomic E-state index is 5.36. The summed E-state index contributed by atoms with van der Waals surface area (Å²) in [5, 5.41) is 0. The van der Waals surface area contributed by atoms with Crippen LogP contribution in [0.1, 0.15) is 11.1 Å². The van der Waals surface area contributed by atoms with Crippen molar-refractivity contribution in [1.29, 1.82) is 0 Å². The molecule has 0 aliphatic carbocycles. The molecule has 2 aromatic carbocycles. The van der Waals surface area contributed by atoms with Gasteiger partial charge in [-0.1, -0.05) is 60.7 Å². The number of halogens is 1. The average Bonchev–Trinajstić information content (AvgIpc) is 2.57. The Kier molecular flexibility index (Phi) is 6.81. The summed E-state index contributed by atoms with van der Waals surface area (Å²) in [4.78, 5) is 2.29. The summed E-state index contributed by atoms with van der Waals surface area (Å²) >= 11 is 5.36. The van der Waals surface area contributed by atoms with Crippen molar-refractivity contribution in [3.05, 3.63) is 83.8 Å². The van der Waals surface area contributed by atoms with Crippen molar-refractivity contribution in [2.24, 2.45) is 0 Å². The quantitative estimate of drug-likeness (QED) is 0.676. The molecule has 0 atom stereocenters. The van der Waals surface area contributed by atoms with E-state index in [1.54, 1.807) is 0 Å². The lowest BCUT2D eigenvalue weighted by atomic mass is 10.1. The Labute approximate surface area is 136 Å². The zero-order valence-electron chi connectivity index (χ0n) is 12.6. The van der Waals surface area contributed by atoms with E-state index in [4.69, 9.17) is 16.6 Å². The van der Waals surface area contributed by atoms with Crippen molar-refractivity contribution < 1.29 is 9.03 Å². The van der Waals surface area contributed by atoms with Crippen LogP contribution in [0.25, 0.3) is 0 Å². The van der Waals surface area contributed by atoms with Crippen molar-refractivity contribution in [3.63, 3.8) is 0 Å². The van der Waals surface area contributed by atoms with E-state index < -0.39 is 0 Å². The largest absolute Gasteiger partial charge is 0.468 e. The smallest absolute Gasteiger partial charge is 0.296 e. The molecule has 2 rings (SSSR count). The third-order valence-corrected chi connectivity index (χ3v) is 3.44. The van der Waals surface area contributed by atoms with E-state index in [0.717, 1.165) is 13.1 Å². The topological polar surface area (TPSA) is 21.7 Å². The number of nitrogens with zero attached hydrogens (tertiary/aromatic N) is 1. The standard InChI is InChI=1S/C18H20ClNO2/c1-21-18(22-19)12-13-20(14-16-8-4-2-5-9-16)15-17-10-6-3-7-11-17/h2-12H,13-15H2,1H3/b18-12-. The van der Waals surface area contributed by atoms with Crippen LogP contribution in [0.4, 0.5) is 0 Å². The Balaban J connectivity index is 2.08. The van der Waals surface area contributed by atoms with Crippen molar-refractivity contribution in [2.75, 3.05) is 13.7 Å². The van der Waals surface area contributed by atoms with Gasteiger partial charge in [0.1, 0.15) is 11.9 Å². The molecule has 0 saturated heterocycles. The highest BCUT2D eigenvalue weighted by molar-refractivity contribution is 6.07. The van der Waals surface area contributed by atoms with E-state index in [1.807, 2.05) is 42.5 Å². The maximum Gasteiger partial charge on any atom is 0.296 e. The first-order valence-corrected chi connectivity index (χ1v) is 7.45. The van der Waals surface area contributed by atoms with E-state index in [9.17, 15) is 0 Å². The highest BCUT2D eigenvalue weighted by atomic mass is 35.5. The fourth-order valence-electron chi connectivity index (χ4n) is 2.22. The third kappa shape index (κ3) is 5.43. The van der Waals surface area contributed by atoms with E-state index in [2.05, 4.69) is 33.5 Å². The van der Waals surface area contributed by atoms with Crippen LogP contribution in [0, 0.1) is 0 Å². The Hall–Kier alpha value is -1.97. The zero-order chi connectivity index (χ0) is 15.6. The first-order chi connectivity index (χ1) is 10.8. The summed E-state index contributed by atoms with van der Waals surface area (Å²) in [5.41, 5.74) is 2.52. The zero-order valence-corrected chi connectivity index (χ0v) is 13.4. The number of ether oxygens (including phenoxy) is 1. The van der Waals surface area contributed by atoms with Gasteiger partial charge in [-0.25, -0.2) is 0 Å². The Morgan fingerprint density at radius 3 is 1.86 bits per heavy atom. The second-order valence-corrected chi connectivity index (χ2v) is 5.10. The summed E-state index contributed by atoms with van der Waals surface area (Å²) in [6, 6.07) is 20.7. The van der Waals surface area contributed by atoms with Crippen molar-refractivity contribution in [2.45, 2.75) is 13.1 Å². The summed E-state index contributed by atoms with van der Waals surface area (Å²) in [7, 11) is 1.53. The number of hydrogen-bond donors (Lipinski definition) is 0. The molecule has 0 heterocycles. The van der Waals surface area contributed by atoms with Gasteiger partial charge in [0.25, 0.3) is 5.95 Å². The van der Waals surface area contributed by atoms with Gasteiger partial charge in [-0.05, 0) is 11.1 Å². The van der Waals surface area contributed by atoms with Gasteiger partial charge >= 0.3 is 0 Å². The van der Waals surface area contributed by atoms with Crippen LogP contribution >= 0.6 is 11.9 Å². The van der Waals surface area contributed by atoms with Gasteiger partial charge in [0.05, 0.1) is 7.11 Å². The molecule has 0 N–H and O–H groups in total. The Morgan fingerprint density at radius 1 is 0.955 bits per heavy atom. The van der Waals surface area contributed by atoms with Crippen molar-refractivity contribution >= 4 is 11.9 Å². The van der Waals surface area contributed by atoms with Crippen LogP contribution < -0.4 is 0 Å². The van der Waals surface area contributed by atoms with E-state index in [-0.39, 0.29) is 0 Å². The van der Waals surface area contributed by atoms with Gasteiger partial charge in [-0.3, -0.25) is 4.90 Å². The van der Waals surface area contributed by atoms with Gasteiger partial charge in [0.15, 0.2) is 0 Å². The molecular formula is C18H20ClNO2. The molecule has 0 amide bonds. The Bertz CT molecular complexity index is 525. The SMILES string of the molecule is CO/C(=C/CN(Cc1ccccc1)Cc1ccccc1)OCl. The molecule has 0 aliphatic heterocycles. The predicted octanol–water partition coefficient (Wildman–Crippen LogP) is 4.35. The van der Waals surface area contributed by atoms with Crippen LogP contribution in [0.3, 0.4) is 0 Å². The fraction of sp³-hybridized carbons (Fsp3) is 0.222. The predicted molar refractivity (Wildman–Crippen MR) is 89.0 cm³/mol. The minimum atomic E-state index is 0.313. The minimum Gasteiger partial charge on any atom is -0.468 e. The molecule has 0 aliphatic rings. The first-order valence-electron chi connectivity index (χ1n) is 7.14. The summed E-state index contributed by atoms with van der Waals surface area (Å²) < 4.78 is 9.67. The highest BCUT2D eigenvalue weighted by Gasteiger charge is 2.07. The minimum absolute atomic E-state index is 0.313. The number of rotatable bonds is 8. The average molecular weight is 318 g/mol. The molecular weight excluding hydrogens is 298 g/mol. The Morgan fingerprint density at radius 2 is 1.45 bits per heavy atom. The normalized spacial score (nSPS) is 11.5. The van der Waals surface area contributed by atoms with Crippen LogP contribution in [0.2, 0.25) is 0 Å². The number of benzene rings is 2. The van der Waals surface area contributed by atoms with Crippen LogP contribution in [0.5, 0.6) is 0 Å². The monoisotopic (exact) mass is 317 g/mol. The number of methoxy groups -OCH3 is 1. The van der Waals surface area contributed by atoms with Crippen LogP contribution in [-0.2, 0) is 22.1 Å². The molecule has 0 unspecified atom stereocenters.